The van der Waals surface area contributed by atoms with E-state index < -0.39 is 0 Å². The Balaban J connectivity index is 1.93. The van der Waals surface area contributed by atoms with Crippen molar-refractivity contribution in [3.05, 3.63) is 29.7 Å². The van der Waals surface area contributed by atoms with Crippen LogP contribution in [0.25, 0.3) is 5.65 Å². The average molecular weight is 357 g/mol. The van der Waals surface area contributed by atoms with Gasteiger partial charge in [-0.2, -0.15) is 5.10 Å². The Hall–Kier alpha value is -2.44. The van der Waals surface area contributed by atoms with Gasteiger partial charge in [-0.1, -0.05) is 20.8 Å². The molecule has 0 aliphatic carbocycles. The quantitative estimate of drug-likeness (QED) is 0.826. The highest BCUT2D eigenvalue weighted by Crippen LogP contribution is 2.30. The number of amides is 2. The van der Waals surface area contributed by atoms with Gasteiger partial charge in [-0.25, -0.2) is 9.50 Å². The lowest BCUT2D eigenvalue weighted by Crippen LogP contribution is -2.44. The summed E-state index contributed by atoms with van der Waals surface area (Å²) in [5, 5.41) is 4.42. The molecule has 7 nitrogen and oxygen atoms in total. The SMILES string of the molecule is CN(C)C(=O)c1cnn2c(C3CCCN(C(=O)C(C)(C)C)C3)ccnc12. The number of aromatic nitrogens is 3. The minimum absolute atomic E-state index is 0.113. The molecule has 1 fully saturated rings. The smallest absolute Gasteiger partial charge is 0.258 e. The molecule has 0 bridgehead atoms. The van der Waals surface area contributed by atoms with Gasteiger partial charge in [0.05, 0.1) is 11.9 Å². The van der Waals surface area contributed by atoms with Crippen molar-refractivity contribution in [3.8, 4) is 0 Å². The van der Waals surface area contributed by atoms with Crippen molar-refractivity contribution in [2.75, 3.05) is 27.2 Å². The first-order valence-corrected chi connectivity index (χ1v) is 9.04. The van der Waals surface area contributed by atoms with Crippen LogP contribution in [0.5, 0.6) is 0 Å². The van der Waals surface area contributed by atoms with Gasteiger partial charge in [0.25, 0.3) is 5.91 Å². The standard InChI is InChI=1S/C19H27N5O2/c1-19(2,3)18(26)23-10-6-7-13(12-23)15-8-9-20-16-14(11-21-24(15)16)17(25)22(4)5/h8-9,11,13H,6-7,10,12H2,1-5H3. The van der Waals surface area contributed by atoms with Crippen molar-refractivity contribution in [1.29, 1.82) is 0 Å². The number of carbonyl (C=O) groups is 2. The van der Waals surface area contributed by atoms with Crippen LogP contribution in [0.2, 0.25) is 0 Å². The molecular weight excluding hydrogens is 330 g/mol. The summed E-state index contributed by atoms with van der Waals surface area (Å²) < 4.78 is 1.76. The molecule has 7 heteroatoms. The second kappa shape index (κ2) is 6.70. The molecule has 26 heavy (non-hydrogen) atoms. The molecule has 140 valence electrons. The van der Waals surface area contributed by atoms with Gasteiger partial charge in [-0.15, -0.1) is 0 Å². The monoisotopic (exact) mass is 357 g/mol. The van der Waals surface area contributed by atoms with Crippen LogP contribution in [0.15, 0.2) is 18.5 Å². The maximum Gasteiger partial charge on any atom is 0.258 e. The van der Waals surface area contributed by atoms with Gasteiger partial charge in [0.15, 0.2) is 5.65 Å². The summed E-state index contributed by atoms with van der Waals surface area (Å²) in [5.74, 6) is 0.247. The average Bonchev–Trinajstić information content (AvgIpc) is 3.03. The highest BCUT2D eigenvalue weighted by Gasteiger charge is 2.32. The Morgan fingerprint density at radius 3 is 2.65 bits per heavy atom. The van der Waals surface area contributed by atoms with Crippen LogP contribution in [0.4, 0.5) is 0 Å². The number of nitrogens with zero attached hydrogens (tertiary/aromatic N) is 5. The van der Waals surface area contributed by atoms with E-state index in [1.54, 1.807) is 31.0 Å². The highest BCUT2D eigenvalue weighted by molar-refractivity contribution is 5.99. The first kappa shape index (κ1) is 18.4. The maximum atomic E-state index is 12.7. The number of piperidine rings is 1. The summed E-state index contributed by atoms with van der Waals surface area (Å²) in [6.07, 6.45) is 5.25. The van der Waals surface area contributed by atoms with Crippen molar-refractivity contribution in [1.82, 2.24) is 24.4 Å². The van der Waals surface area contributed by atoms with Gasteiger partial charge in [-0.05, 0) is 18.9 Å². The third kappa shape index (κ3) is 3.30. The number of hydrogen-bond donors (Lipinski definition) is 0. The van der Waals surface area contributed by atoms with Gasteiger partial charge in [0.1, 0.15) is 5.56 Å². The molecule has 0 N–H and O–H groups in total. The molecule has 1 saturated heterocycles. The van der Waals surface area contributed by atoms with E-state index in [1.165, 1.54) is 4.90 Å². The van der Waals surface area contributed by atoms with Crippen LogP contribution >= 0.6 is 0 Å². The Kier molecular flexibility index (Phi) is 4.73. The van der Waals surface area contributed by atoms with E-state index in [0.29, 0.717) is 17.8 Å². The molecule has 1 atom stereocenters. The number of carbonyl (C=O) groups excluding carboxylic acids is 2. The number of hydrogen-bond acceptors (Lipinski definition) is 4. The van der Waals surface area contributed by atoms with Gasteiger partial charge < -0.3 is 9.80 Å². The Morgan fingerprint density at radius 1 is 1.27 bits per heavy atom. The molecule has 2 amide bonds. The first-order valence-electron chi connectivity index (χ1n) is 9.04. The van der Waals surface area contributed by atoms with Crippen molar-refractivity contribution >= 4 is 17.5 Å². The minimum atomic E-state index is -0.382. The summed E-state index contributed by atoms with van der Waals surface area (Å²) in [6, 6.07) is 1.94. The molecule has 1 aliphatic rings. The van der Waals surface area contributed by atoms with Gasteiger partial charge >= 0.3 is 0 Å². The lowest BCUT2D eigenvalue weighted by atomic mass is 9.90. The normalized spacial score (nSPS) is 18.2. The lowest BCUT2D eigenvalue weighted by molar-refractivity contribution is -0.140. The van der Waals surface area contributed by atoms with E-state index in [-0.39, 0.29) is 23.1 Å². The largest absolute Gasteiger partial charge is 0.345 e. The molecule has 1 unspecified atom stereocenters. The summed E-state index contributed by atoms with van der Waals surface area (Å²) >= 11 is 0. The summed E-state index contributed by atoms with van der Waals surface area (Å²) in [6.45, 7) is 7.33. The van der Waals surface area contributed by atoms with Crippen molar-refractivity contribution in [2.24, 2.45) is 5.41 Å². The molecule has 3 rings (SSSR count). The predicted molar refractivity (Wildman–Crippen MR) is 99.0 cm³/mol. The fourth-order valence-electron chi connectivity index (χ4n) is 3.49. The van der Waals surface area contributed by atoms with Crippen molar-refractivity contribution in [2.45, 2.75) is 39.5 Å². The molecule has 0 aromatic carbocycles. The van der Waals surface area contributed by atoms with Crippen molar-refractivity contribution < 1.29 is 9.59 Å². The third-order valence-electron chi connectivity index (χ3n) is 4.84. The minimum Gasteiger partial charge on any atom is -0.345 e. The fraction of sp³-hybridized carbons (Fsp3) is 0.579. The first-order chi connectivity index (χ1) is 12.2. The van der Waals surface area contributed by atoms with E-state index in [0.717, 1.165) is 25.1 Å². The third-order valence-corrected chi connectivity index (χ3v) is 4.84. The molecule has 1 aliphatic heterocycles. The van der Waals surface area contributed by atoms with E-state index in [2.05, 4.69) is 10.1 Å². The Morgan fingerprint density at radius 2 is 2.00 bits per heavy atom. The Labute approximate surface area is 154 Å². The zero-order chi connectivity index (χ0) is 19.1. The molecule has 2 aromatic heterocycles. The van der Waals surface area contributed by atoms with E-state index >= 15 is 0 Å². The predicted octanol–water partition coefficient (Wildman–Crippen LogP) is 2.18. The molecule has 0 radical (unpaired) electrons. The lowest BCUT2D eigenvalue weighted by Gasteiger charge is -2.36. The van der Waals surface area contributed by atoms with Crippen LogP contribution in [0.3, 0.4) is 0 Å². The summed E-state index contributed by atoms with van der Waals surface area (Å²) in [4.78, 5) is 32.9. The van der Waals surface area contributed by atoms with Crippen molar-refractivity contribution in [3.63, 3.8) is 0 Å². The van der Waals surface area contributed by atoms with E-state index in [9.17, 15) is 9.59 Å². The maximum absolute atomic E-state index is 12.7. The summed E-state index contributed by atoms with van der Waals surface area (Å²) in [7, 11) is 3.43. The summed E-state index contributed by atoms with van der Waals surface area (Å²) in [5.41, 5.74) is 1.68. The van der Waals surface area contributed by atoms with E-state index in [4.69, 9.17) is 0 Å². The second-order valence-corrected chi connectivity index (χ2v) is 8.20. The van der Waals surface area contributed by atoms with Crippen LogP contribution in [0.1, 0.15) is 55.6 Å². The van der Waals surface area contributed by atoms with Crippen LogP contribution < -0.4 is 0 Å². The van der Waals surface area contributed by atoms with Crippen LogP contribution in [-0.4, -0.2) is 63.4 Å². The topological polar surface area (TPSA) is 70.8 Å². The van der Waals surface area contributed by atoms with Gasteiger partial charge in [0.2, 0.25) is 5.91 Å². The zero-order valence-corrected chi connectivity index (χ0v) is 16.2. The molecular formula is C19H27N5O2. The fourth-order valence-corrected chi connectivity index (χ4v) is 3.49. The number of likely N-dealkylation sites (tertiary alicyclic amines) is 1. The second-order valence-electron chi connectivity index (χ2n) is 8.20. The van der Waals surface area contributed by atoms with Crippen LogP contribution in [0, 0.1) is 5.41 Å². The molecule has 0 spiro atoms. The number of fused-ring (bicyclic) bond motifs is 1. The zero-order valence-electron chi connectivity index (χ0n) is 16.2. The highest BCUT2D eigenvalue weighted by atomic mass is 16.2. The molecule has 3 heterocycles. The van der Waals surface area contributed by atoms with Gasteiger partial charge in [-0.3, -0.25) is 9.59 Å². The van der Waals surface area contributed by atoms with Crippen LogP contribution in [-0.2, 0) is 4.79 Å². The molecule has 0 saturated carbocycles. The Bertz CT molecular complexity index is 834. The van der Waals surface area contributed by atoms with E-state index in [1.807, 2.05) is 31.7 Å². The number of rotatable bonds is 2. The van der Waals surface area contributed by atoms with Gasteiger partial charge in [0, 0.05) is 44.7 Å². The molecule has 2 aromatic rings.